The Morgan fingerprint density at radius 2 is 2.39 bits per heavy atom. The van der Waals surface area contributed by atoms with E-state index in [4.69, 9.17) is 9.84 Å². The van der Waals surface area contributed by atoms with Crippen molar-refractivity contribution in [1.82, 2.24) is 0 Å². The summed E-state index contributed by atoms with van der Waals surface area (Å²) in [5.41, 5.74) is 0.223. The first kappa shape index (κ1) is 13.3. The van der Waals surface area contributed by atoms with E-state index in [9.17, 15) is 9.18 Å². The van der Waals surface area contributed by atoms with Gasteiger partial charge in [0.1, 0.15) is 0 Å². The molecule has 0 bridgehead atoms. The Labute approximate surface area is 112 Å². The van der Waals surface area contributed by atoms with Crippen LogP contribution in [0.25, 0.3) is 0 Å². The van der Waals surface area contributed by atoms with Gasteiger partial charge in [-0.25, -0.2) is 9.18 Å². The van der Waals surface area contributed by atoms with Gasteiger partial charge in [0.05, 0.1) is 22.3 Å². The smallest absolute Gasteiger partial charge is 0.336 e. The first-order valence-corrected chi connectivity index (χ1v) is 6.42. The minimum atomic E-state index is -1.16. The zero-order chi connectivity index (χ0) is 13.1. The number of ether oxygens (including phenoxy) is 1. The van der Waals surface area contributed by atoms with Crippen LogP contribution in [0.15, 0.2) is 16.6 Å². The Morgan fingerprint density at radius 3 is 3.00 bits per heavy atom. The Balaban J connectivity index is 2.09. The number of anilines is 1. The van der Waals surface area contributed by atoms with Gasteiger partial charge in [-0.2, -0.15) is 0 Å². The van der Waals surface area contributed by atoms with Crippen LogP contribution in [-0.4, -0.2) is 30.8 Å². The lowest BCUT2D eigenvalue weighted by Crippen LogP contribution is -2.15. The Morgan fingerprint density at radius 1 is 1.61 bits per heavy atom. The summed E-state index contributed by atoms with van der Waals surface area (Å²) in [5, 5.41) is 11.8. The number of carboxylic acids is 1. The maximum atomic E-state index is 13.9. The maximum absolute atomic E-state index is 13.9. The number of benzene rings is 1. The molecule has 0 saturated carbocycles. The summed E-state index contributed by atoms with van der Waals surface area (Å²) in [6.07, 6.45) is 0.961. The molecule has 1 saturated heterocycles. The van der Waals surface area contributed by atoms with E-state index in [2.05, 4.69) is 21.2 Å². The van der Waals surface area contributed by atoms with E-state index in [-0.39, 0.29) is 10.0 Å². The number of carboxylic acid groups (broad SMARTS) is 1. The molecule has 2 rings (SSSR count). The second-order valence-electron chi connectivity index (χ2n) is 4.20. The highest BCUT2D eigenvalue weighted by Crippen LogP contribution is 2.27. The third kappa shape index (κ3) is 2.81. The van der Waals surface area contributed by atoms with Crippen LogP contribution in [-0.2, 0) is 4.74 Å². The zero-order valence-corrected chi connectivity index (χ0v) is 11.2. The number of carbonyl (C=O) groups is 1. The fraction of sp³-hybridized carbons (Fsp3) is 0.417. The molecule has 0 aliphatic carbocycles. The molecule has 1 aliphatic rings. The lowest BCUT2D eigenvalue weighted by Gasteiger charge is -2.13. The van der Waals surface area contributed by atoms with Gasteiger partial charge in [-0.3, -0.25) is 0 Å². The van der Waals surface area contributed by atoms with Gasteiger partial charge in [-0.15, -0.1) is 0 Å². The molecule has 0 spiro atoms. The summed E-state index contributed by atoms with van der Waals surface area (Å²) in [6, 6.07) is 2.82. The van der Waals surface area contributed by atoms with Crippen molar-refractivity contribution in [3.8, 4) is 0 Å². The fourth-order valence-electron chi connectivity index (χ4n) is 1.85. The van der Waals surface area contributed by atoms with Crippen molar-refractivity contribution in [2.24, 2.45) is 5.92 Å². The van der Waals surface area contributed by atoms with Crippen LogP contribution in [0.2, 0.25) is 0 Å². The molecule has 6 heteroatoms. The molecular formula is C12H13BrFNO3. The second kappa shape index (κ2) is 5.67. The molecule has 1 unspecified atom stereocenters. The number of halogens is 2. The van der Waals surface area contributed by atoms with Gasteiger partial charge >= 0.3 is 5.97 Å². The highest BCUT2D eigenvalue weighted by atomic mass is 79.9. The summed E-state index contributed by atoms with van der Waals surface area (Å²) < 4.78 is 19.1. The zero-order valence-electron chi connectivity index (χ0n) is 9.58. The molecule has 0 aromatic heterocycles. The van der Waals surface area contributed by atoms with Crippen molar-refractivity contribution < 1.29 is 19.0 Å². The topological polar surface area (TPSA) is 58.6 Å². The molecule has 2 N–H and O–H groups in total. The van der Waals surface area contributed by atoms with E-state index in [1.165, 1.54) is 12.1 Å². The average Bonchev–Trinajstić information content (AvgIpc) is 2.83. The minimum absolute atomic E-state index is 0.0253. The molecule has 18 heavy (non-hydrogen) atoms. The molecule has 98 valence electrons. The standard InChI is InChI=1S/C12H13BrFNO3/c13-10-8(12(16)17)1-2-9(11(10)14)15-5-7-3-4-18-6-7/h1-2,7,15H,3-6H2,(H,16,17). The molecule has 1 aromatic carbocycles. The Kier molecular flexibility index (Phi) is 4.19. The Bertz CT molecular complexity index is 461. The first-order valence-electron chi connectivity index (χ1n) is 5.62. The monoisotopic (exact) mass is 317 g/mol. The third-order valence-electron chi connectivity index (χ3n) is 2.92. The summed E-state index contributed by atoms with van der Waals surface area (Å²) in [4.78, 5) is 10.8. The van der Waals surface area contributed by atoms with Crippen molar-refractivity contribution >= 4 is 27.6 Å². The number of hydrogen-bond acceptors (Lipinski definition) is 3. The summed E-state index contributed by atoms with van der Waals surface area (Å²) in [5.74, 6) is -1.35. The average molecular weight is 318 g/mol. The normalized spacial score (nSPS) is 18.9. The maximum Gasteiger partial charge on any atom is 0.336 e. The number of nitrogens with one attached hydrogen (secondary N) is 1. The predicted octanol–water partition coefficient (Wildman–Crippen LogP) is 2.73. The van der Waals surface area contributed by atoms with Gasteiger partial charge in [0.25, 0.3) is 0 Å². The lowest BCUT2D eigenvalue weighted by molar-refractivity contribution is 0.0695. The SMILES string of the molecule is O=C(O)c1ccc(NCC2CCOC2)c(F)c1Br. The largest absolute Gasteiger partial charge is 0.478 e. The number of hydrogen-bond donors (Lipinski definition) is 2. The van der Waals surface area contributed by atoms with Gasteiger partial charge in [0.2, 0.25) is 0 Å². The van der Waals surface area contributed by atoms with E-state index in [1.807, 2.05) is 0 Å². The molecule has 0 radical (unpaired) electrons. The number of rotatable bonds is 4. The van der Waals surface area contributed by atoms with Crippen molar-refractivity contribution in [3.05, 3.63) is 28.0 Å². The van der Waals surface area contributed by atoms with Gasteiger partial charge < -0.3 is 15.2 Å². The molecule has 1 fully saturated rings. The molecule has 1 aliphatic heterocycles. The van der Waals surface area contributed by atoms with Gasteiger partial charge in [-0.1, -0.05) is 0 Å². The van der Waals surface area contributed by atoms with Gasteiger partial charge in [-0.05, 0) is 34.5 Å². The Hall–Kier alpha value is -1.14. The van der Waals surface area contributed by atoms with Crippen molar-refractivity contribution in [2.75, 3.05) is 25.1 Å². The van der Waals surface area contributed by atoms with Crippen molar-refractivity contribution in [2.45, 2.75) is 6.42 Å². The predicted molar refractivity (Wildman–Crippen MR) is 68.5 cm³/mol. The second-order valence-corrected chi connectivity index (χ2v) is 5.00. The van der Waals surface area contributed by atoms with Crippen LogP contribution < -0.4 is 5.32 Å². The minimum Gasteiger partial charge on any atom is -0.478 e. The van der Waals surface area contributed by atoms with E-state index >= 15 is 0 Å². The molecule has 4 nitrogen and oxygen atoms in total. The van der Waals surface area contributed by atoms with E-state index < -0.39 is 11.8 Å². The molecule has 1 aromatic rings. The van der Waals surface area contributed by atoms with E-state index in [0.29, 0.717) is 24.8 Å². The highest BCUT2D eigenvalue weighted by molar-refractivity contribution is 9.10. The molecule has 1 heterocycles. The summed E-state index contributed by atoms with van der Waals surface area (Å²) >= 11 is 2.96. The van der Waals surface area contributed by atoms with Crippen LogP contribution in [0.4, 0.5) is 10.1 Å². The van der Waals surface area contributed by atoms with Gasteiger partial charge in [0.15, 0.2) is 5.82 Å². The van der Waals surface area contributed by atoms with Crippen LogP contribution in [0.5, 0.6) is 0 Å². The molecular weight excluding hydrogens is 305 g/mol. The van der Waals surface area contributed by atoms with E-state index in [0.717, 1.165) is 13.0 Å². The first-order chi connectivity index (χ1) is 8.59. The van der Waals surface area contributed by atoms with Crippen molar-refractivity contribution in [3.63, 3.8) is 0 Å². The quantitative estimate of drug-likeness (QED) is 0.896. The summed E-state index contributed by atoms with van der Waals surface area (Å²) in [6.45, 7) is 2.05. The number of aromatic carboxylic acids is 1. The highest BCUT2D eigenvalue weighted by Gasteiger charge is 2.18. The van der Waals surface area contributed by atoms with Crippen LogP contribution in [0.3, 0.4) is 0 Å². The molecule has 1 atom stereocenters. The van der Waals surface area contributed by atoms with E-state index in [1.54, 1.807) is 0 Å². The summed E-state index contributed by atoms with van der Waals surface area (Å²) in [7, 11) is 0. The lowest BCUT2D eigenvalue weighted by atomic mass is 10.1. The van der Waals surface area contributed by atoms with Crippen molar-refractivity contribution in [1.29, 1.82) is 0 Å². The fourth-order valence-corrected chi connectivity index (χ4v) is 2.37. The van der Waals surface area contributed by atoms with Crippen LogP contribution in [0, 0.1) is 11.7 Å². The van der Waals surface area contributed by atoms with Crippen LogP contribution >= 0.6 is 15.9 Å². The molecule has 0 amide bonds. The van der Waals surface area contributed by atoms with Gasteiger partial charge in [0, 0.05) is 19.1 Å². The van der Waals surface area contributed by atoms with Crippen LogP contribution in [0.1, 0.15) is 16.8 Å². The third-order valence-corrected chi connectivity index (χ3v) is 3.69.